The second kappa shape index (κ2) is 4.84. The van der Waals surface area contributed by atoms with E-state index in [1.54, 1.807) is 6.33 Å². The molecule has 1 aromatic heterocycles. The summed E-state index contributed by atoms with van der Waals surface area (Å²) in [6.45, 7) is 4.59. The van der Waals surface area contributed by atoms with E-state index in [1.165, 1.54) is 36.9 Å². The van der Waals surface area contributed by atoms with Crippen molar-refractivity contribution in [3.63, 3.8) is 0 Å². The highest BCUT2D eigenvalue weighted by Gasteiger charge is 2.26. The molecule has 1 N–H and O–H groups in total. The maximum Gasteiger partial charge on any atom is 0.147 e. The number of nitrogens with zero attached hydrogens (tertiary/aromatic N) is 3. The Hall–Kier alpha value is -1.16. The summed E-state index contributed by atoms with van der Waals surface area (Å²) in [5, 5.41) is 2.38. The Morgan fingerprint density at radius 1 is 1.11 bits per heavy atom. The standard InChI is InChI=1S/C14H22N4/c1-10-5-3-6-11(2)18(10)17-14-12-7-4-8-13(12)15-9-16-14/h9-11H,3-8H2,1-2H3,(H,15,16,17). The first kappa shape index (κ1) is 11.9. The molecule has 3 rings (SSSR count). The molecular weight excluding hydrogens is 224 g/mol. The molecule has 2 atom stereocenters. The maximum atomic E-state index is 4.45. The van der Waals surface area contributed by atoms with Crippen molar-refractivity contribution in [1.29, 1.82) is 0 Å². The summed E-state index contributed by atoms with van der Waals surface area (Å²) in [5.74, 6) is 1.04. The smallest absolute Gasteiger partial charge is 0.147 e. The molecule has 2 heterocycles. The van der Waals surface area contributed by atoms with Crippen LogP contribution in [-0.2, 0) is 12.8 Å². The number of rotatable bonds is 2. The fourth-order valence-corrected chi connectivity index (χ4v) is 3.22. The highest BCUT2D eigenvalue weighted by Crippen LogP contribution is 2.28. The van der Waals surface area contributed by atoms with E-state index in [4.69, 9.17) is 0 Å². The summed E-state index contributed by atoms with van der Waals surface area (Å²) >= 11 is 0. The van der Waals surface area contributed by atoms with Crippen molar-refractivity contribution in [3.05, 3.63) is 17.6 Å². The number of hydrazine groups is 1. The molecule has 0 amide bonds. The van der Waals surface area contributed by atoms with E-state index in [-0.39, 0.29) is 0 Å². The van der Waals surface area contributed by atoms with Crippen molar-refractivity contribution in [2.45, 2.75) is 64.5 Å². The fraction of sp³-hybridized carbons (Fsp3) is 0.714. The summed E-state index contributed by atoms with van der Waals surface area (Å²) < 4.78 is 0. The van der Waals surface area contributed by atoms with Gasteiger partial charge in [-0.15, -0.1) is 0 Å². The van der Waals surface area contributed by atoms with E-state index in [1.807, 2.05) is 0 Å². The molecule has 1 saturated heterocycles. The zero-order valence-corrected chi connectivity index (χ0v) is 11.3. The minimum Gasteiger partial charge on any atom is -0.302 e. The van der Waals surface area contributed by atoms with Crippen molar-refractivity contribution in [3.8, 4) is 0 Å². The molecule has 1 aromatic rings. The first-order chi connectivity index (χ1) is 8.75. The van der Waals surface area contributed by atoms with E-state index < -0.39 is 0 Å². The van der Waals surface area contributed by atoms with Crippen LogP contribution >= 0.6 is 0 Å². The van der Waals surface area contributed by atoms with Crippen LogP contribution in [0.3, 0.4) is 0 Å². The van der Waals surface area contributed by atoms with Crippen LogP contribution in [-0.4, -0.2) is 27.1 Å². The van der Waals surface area contributed by atoms with Crippen molar-refractivity contribution >= 4 is 5.82 Å². The van der Waals surface area contributed by atoms with Crippen LogP contribution in [0.1, 0.15) is 50.8 Å². The average molecular weight is 246 g/mol. The second-order valence-electron chi connectivity index (χ2n) is 5.65. The Balaban J connectivity index is 1.82. The summed E-state index contributed by atoms with van der Waals surface area (Å²) in [4.78, 5) is 8.83. The minimum atomic E-state index is 0.584. The number of hydrogen-bond donors (Lipinski definition) is 1. The molecule has 0 radical (unpaired) electrons. The second-order valence-corrected chi connectivity index (χ2v) is 5.65. The SMILES string of the molecule is CC1CCCC(C)N1Nc1ncnc2c1CCC2. The van der Waals surface area contributed by atoms with Crippen LogP contribution in [0.5, 0.6) is 0 Å². The number of hydrogen-bond acceptors (Lipinski definition) is 4. The number of anilines is 1. The number of nitrogens with one attached hydrogen (secondary N) is 1. The highest BCUT2D eigenvalue weighted by molar-refractivity contribution is 5.47. The van der Waals surface area contributed by atoms with Gasteiger partial charge in [-0.2, -0.15) is 0 Å². The molecule has 4 heteroatoms. The third kappa shape index (κ3) is 2.09. The number of piperidine rings is 1. The molecule has 0 bridgehead atoms. The van der Waals surface area contributed by atoms with Crippen molar-refractivity contribution in [2.24, 2.45) is 0 Å². The molecule has 0 spiro atoms. The van der Waals surface area contributed by atoms with Crippen LogP contribution < -0.4 is 5.43 Å². The van der Waals surface area contributed by atoms with E-state index in [0.29, 0.717) is 12.1 Å². The highest BCUT2D eigenvalue weighted by atomic mass is 15.5. The van der Waals surface area contributed by atoms with Gasteiger partial charge in [0.15, 0.2) is 0 Å². The Kier molecular flexibility index (Phi) is 3.20. The van der Waals surface area contributed by atoms with Crippen molar-refractivity contribution < 1.29 is 0 Å². The van der Waals surface area contributed by atoms with E-state index in [9.17, 15) is 0 Å². The summed E-state index contributed by atoms with van der Waals surface area (Å²) in [5.41, 5.74) is 6.14. The average Bonchev–Trinajstić information content (AvgIpc) is 2.83. The van der Waals surface area contributed by atoms with Crippen LogP contribution in [0.25, 0.3) is 0 Å². The Bertz CT molecular complexity index is 422. The van der Waals surface area contributed by atoms with Gasteiger partial charge < -0.3 is 5.43 Å². The monoisotopic (exact) mass is 246 g/mol. The van der Waals surface area contributed by atoms with Crippen LogP contribution in [0, 0.1) is 0 Å². The van der Waals surface area contributed by atoms with E-state index in [2.05, 4.69) is 34.3 Å². The summed E-state index contributed by atoms with van der Waals surface area (Å²) in [6.07, 6.45) is 9.02. The Morgan fingerprint density at radius 3 is 2.67 bits per heavy atom. The lowest BCUT2D eigenvalue weighted by Gasteiger charge is -2.39. The van der Waals surface area contributed by atoms with Crippen molar-refractivity contribution in [2.75, 3.05) is 5.43 Å². The number of aryl methyl sites for hydroxylation is 1. The maximum absolute atomic E-state index is 4.45. The molecule has 98 valence electrons. The molecule has 2 unspecified atom stereocenters. The zero-order valence-electron chi connectivity index (χ0n) is 11.3. The van der Waals surface area contributed by atoms with Gasteiger partial charge in [0.1, 0.15) is 12.1 Å². The van der Waals surface area contributed by atoms with Crippen LogP contribution in [0.4, 0.5) is 5.82 Å². The molecule has 1 aliphatic heterocycles. The van der Waals surface area contributed by atoms with Gasteiger partial charge in [-0.05, 0) is 46.0 Å². The topological polar surface area (TPSA) is 41.0 Å². The van der Waals surface area contributed by atoms with Gasteiger partial charge in [0, 0.05) is 23.3 Å². The minimum absolute atomic E-state index is 0.584. The molecule has 0 saturated carbocycles. The normalized spacial score (nSPS) is 28.1. The first-order valence-electron chi connectivity index (χ1n) is 7.13. The molecule has 0 aromatic carbocycles. The Labute approximate surface area is 109 Å². The lowest BCUT2D eigenvalue weighted by molar-refractivity contribution is 0.135. The lowest BCUT2D eigenvalue weighted by Crippen LogP contribution is -2.47. The van der Waals surface area contributed by atoms with Gasteiger partial charge in [-0.3, -0.25) is 0 Å². The fourth-order valence-electron chi connectivity index (χ4n) is 3.22. The van der Waals surface area contributed by atoms with Gasteiger partial charge in [0.25, 0.3) is 0 Å². The van der Waals surface area contributed by atoms with Crippen molar-refractivity contribution in [1.82, 2.24) is 15.0 Å². The van der Waals surface area contributed by atoms with Gasteiger partial charge in [0.05, 0.1) is 0 Å². The molecular formula is C14H22N4. The van der Waals surface area contributed by atoms with Gasteiger partial charge in [-0.1, -0.05) is 6.42 Å². The number of fused-ring (bicyclic) bond motifs is 1. The molecule has 2 aliphatic rings. The summed E-state index contributed by atoms with van der Waals surface area (Å²) in [6, 6.07) is 1.17. The third-order valence-electron chi connectivity index (χ3n) is 4.30. The quantitative estimate of drug-likeness (QED) is 0.870. The molecule has 1 fully saturated rings. The molecule has 4 nitrogen and oxygen atoms in total. The van der Waals surface area contributed by atoms with Gasteiger partial charge in [0.2, 0.25) is 0 Å². The predicted molar refractivity (Wildman–Crippen MR) is 72.3 cm³/mol. The predicted octanol–water partition coefficient (Wildman–Crippen LogP) is 2.56. The summed E-state index contributed by atoms with van der Waals surface area (Å²) in [7, 11) is 0. The molecule has 18 heavy (non-hydrogen) atoms. The van der Waals surface area contributed by atoms with Gasteiger partial charge in [-0.25, -0.2) is 15.0 Å². The van der Waals surface area contributed by atoms with E-state index >= 15 is 0 Å². The Morgan fingerprint density at radius 2 is 1.89 bits per heavy atom. The lowest BCUT2D eigenvalue weighted by atomic mass is 10.00. The van der Waals surface area contributed by atoms with E-state index in [0.717, 1.165) is 18.7 Å². The first-order valence-corrected chi connectivity index (χ1v) is 7.13. The third-order valence-corrected chi connectivity index (χ3v) is 4.30. The molecule has 1 aliphatic carbocycles. The zero-order chi connectivity index (χ0) is 12.5. The van der Waals surface area contributed by atoms with Crippen LogP contribution in [0.2, 0.25) is 0 Å². The van der Waals surface area contributed by atoms with Gasteiger partial charge >= 0.3 is 0 Å². The number of aromatic nitrogens is 2. The van der Waals surface area contributed by atoms with Crippen LogP contribution in [0.15, 0.2) is 6.33 Å². The largest absolute Gasteiger partial charge is 0.302 e.